The third kappa shape index (κ3) is 0.500. The number of nitrogens with one attached hydrogen (secondary N) is 2. The van der Waals surface area contributed by atoms with Crippen LogP contribution in [0.3, 0.4) is 0 Å². The summed E-state index contributed by atoms with van der Waals surface area (Å²) in [4.78, 5) is 2.91. The second-order valence-corrected chi connectivity index (χ2v) is 1.95. The number of nitrogens with zero attached hydrogens (tertiary/aromatic N) is 1. The van der Waals surface area contributed by atoms with Gasteiger partial charge in [0.2, 0.25) is 0 Å². The minimum atomic E-state index is 0.542. The Morgan fingerprint density at radius 3 is 3.30 bits per heavy atom. The third-order valence-electron chi connectivity index (χ3n) is 1.38. The molecule has 2 heterocycles. The van der Waals surface area contributed by atoms with Crippen LogP contribution in [0.4, 0.5) is 5.69 Å². The highest BCUT2D eigenvalue weighted by Gasteiger charge is 2.03. The van der Waals surface area contributed by atoms with E-state index in [4.69, 9.17) is 9.95 Å². The molecule has 0 aliphatic heterocycles. The summed E-state index contributed by atoms with van der Waals surface area (Å²) in [7, 11) is 0. The Morgan fingerprint density at radius 2 is 2.50 bits per heavy atom. The van der Waals surface area contributed by atoms with E-state index in [-0.39, 0.29) is 0 Å². The molecule has 0 unspecified atom stereocenters. The quantitative estimate of drug-likeness (QED) is 0.579. The molecule has 4 nitrogen and oxygen atoms in total. The van der Waals surface area contributed by atoms with Crippen molar-refractivity contribution in [2.24, 2.45) is 5.11 Å². The SMILES string of the molecule is N=Nc1c[nH]c2ccoc12. The molecule has 0 aliphatic carbocycles. The zero-order chi connectivity index (χ0) is 6.97. The van der Waals surface area contributed by atoms with Crippen LogP contribution in [0.15, 0.2) is 28.1 Å². The largest absolute Gasteiger partial charge is 0.460 e. The van der Waals surface area contributed by atoms with Gasteiger partial charge in [0.15, 0.2) is 5.58 Å². The van der Waals surface area contributed by atoms with Crippen molar-refractivity contribution in [1.29, 1.82) is 5.53 Å². The van der Waals surface area contributed by atoms with E-state index in [1.165, 1.54) is 0 Å². The van der Waals surface area contributed by atoms with E-state index in [1.807, 2.05) is 0 Å². The molecule has 0 saturated heterocycles. The Labute approximate surface area is 56.4 Å². The first-order chi connectivity index (χ1) is 4.92. The smallest absolute Gasteiger partial charge is 0.178 e. The Hall–Kier alpha value is -1.58. The first-order valence-electron chi connectivity index (χ1n) is 2.84. The number of aromatic amines is 1. The number of furan rings is 1. The molecule has 4 heteroatoms. The Bertz CT molecular complexity index is 360. The van der Waals surface area contributed by atoms with Crippen LogP contribution in [0.2, 0.25) is 0 Å². The molecule has 0 fully saturated rings. The Balaban J connectivity index is 2.88. The maximum Gasteiger partial charge on any atom is 0.178 e. The van der Waals surface area contributed by atoms with Crippen LogP contribution in [0.25, 0.3) is 11.1 Å². The predicted octanol–water partition coefficient (Wildman–Crippen LogP) is 2.42. The van der Waals surface area contributed by atoms with E-state index in [0.717, 1.165) is 5.52 Å². The fraction of sp³-hybridized carbons (Fsp3) is 0. The van der Waals surface area contributed by atoms with Crippen molar-refractivity contribution in [3.63, 3.8) is 0 Å². The molecule has 2 aromatic heterocycles. The topological polar surface area (TPSA) is 65.1 Å². The Kier molecular flexibility index (Phi) is 0.887. The van der Waals surface area contributed by atoms with E-state index in [9.17, 15) is 0 Å². The van der Waals surface area contributed by atoms with Crippen LogP contribution in [-0.2, 0) is 0 Å². The van der Waals surface area contributed by atoms with Gasteiger partial charge < -0.3 is 9.40 Å². The highest BCUT2D eigenvalue weighted by atomic mass is 16.3. The molecular formula is C6H5N3O. The minimum Gasteiger partial charge on any atom is -0.460 e. The molecule has 0 amide bonds. The van der Waals surface area contributed by atoms with Crippen LogP contribution < -0.4 is 0 Å². The van der Waals surface area contributed by atoms with Gasteiger partial charge >= 0.3 is 0 Å². The van der Waals surface area contributed by atoms with E-state index in [2.05, 4.69) is 10.1 Å². The van der Waals surface area contributed by atoms with Crippen LogP contribution in [0, 0.1) is 5.53 Å². The van der Waals surface area contributed by atoms with Gasteiger partial charge in [-0.3, -0.25) is 0 Å². The third-order valence-corrected chi connectivity index (χ3v) is 1.38. The van der Waals surface area contributed by atoms with Crippen molar-refractivity contribution in [2.45, 2.75) is 0 Å². The first kappa shape index (κ1) is 5.22. The zero-order valence-corrected chi connectivity index (χ0v) is 5.09. The van der Waals surface area contributed by atoms with Crippen molar-refractivity contribution >= 4 is 16.8 Å². The molecule has 0 aliphatic rings. The molecule has 0 spiro atoms. The second kappa shape index (κ2) is 1.70. The van der Waals surface area contributed by atoms with Crippen LogP contribution in [-0.4, -0.2) is 4.98 Å². The van der Waals surface area contributed by atoms with Gasteiger partial charge in [0.05, 0.1) is 11.8 Å². The maximum atomic E-state index is 6.73. The minimum absolute atomic E-state index is 0.542. The lowest BCUT2D eigenvalue weighted by Gasteiger charge is -1.76. The van der Waals surface area contributed by atoms with Gasteiger partial charge in [-0.05, 0) is 0 Å². The lowest BCUT2D eigenvalue weighted by molar-refractivity contribution is 0.616. The molecule has 50 valence electrons. The molecular weight excluding hydrogens is 130 g/mol. The van der Waals surface area contributed by atoms with Gasteiger partial charge in [-0.25, -0.2) is 5.53 Å². The lowest BCUT2D eigenvalue weighted by Crippen LogP contribution is -1.49. The summed E-state index contributed by atoms with van der Waals surface area (Å²) >= 11 is 0. The van der Waals surface area contributed by atoms with Crippen molar-refractivity contribution in [3.8, 4) is 0 Å². The molecule has 0 atom stereocenters. The highest BCUT2D eigenvalue weighted by molar-refractivity contribution is 5.84. The number of rotatable bonds is 1. The van der Waals surface area contributed by atoms with Crippen LogP contribution >= 0.6 is 0 Å². The van der Waals surface area contributed by atoms with Crippen molar-refractivity contribution in [3.05, 3.63) is 18.5 Å². The number of hydrogen-bond acceptors (Lipinski definition) is 3. The summed E-state index contributed by atoms with van der Waals surface area (Å²) in [6.07, 6.45) is 3.21. The highest BCUT2D eigenvalue weighted by Crippen LogP contribution is 2.25. The molecule has 0 aromatic carbocycles. The molecule has 2 rings (SSSR count). The van der Waals surface area contributed by atoms with Crippen molar-refractivity contribution < 1.29 is 4.42 Å². The first-order valence-corrected chi connectivity index (χ1v) is 2.84. The van der Waals surface area contributed by atoms with Gasteiger partial charge in [-0.1, -0.05) is 0 Å². The summed E-state index contributed by atoms with van der Waals surface area (Å²) < 4.78 is 5.03. The Morgan fingerprint density at radius 1 is 1.60 bits per heavy atom. The van der Waals surface area contributed by atoms with Crippen LogP contribution in [0.1, 0.15) is 0 Å². The summed E-state index contributed by atoms with van der Waals surface area (Å²) in [5.74, 6) is 0. The van der Waals surface area contributed by atoms with Gasteiger partial charge in [-0.2, -0.15) is 5.11 Å². The molecule has 2 aromatic rings. The molecule has 0 bridgehead atoms. The summed E-state index contributed by atoms with van der Waals surface area (Å²) in [6.45, 7) is 0. The average molecular weight is 135 g/mol. The second-order valence-electron chi connectivity index (χ2n) is 1.95. The summed E-state index contributed by atoms with van der Waals surface area (Å²) in [5, 5.41) is 3.26. The lowest BCUT2D eigenvalue weighted by atomic mass is 10.4. The molecule has 10 heavy (non-hydrogen) atoms. The van der Waals surface area contributed by atoms with Crippen LogP contribution in [0.5, 0.6) is 0 Å². The maximum absolute atomic E-state index is 6.73. The molecule has 0 radical (unpaired) electrons. The van der Waals surface area contributed by atoms with Gasteiger partial charge in [0.25, 0.3) is 0 Å². The van der Waals surface area contributed by atoms with Gasteiger partial charge in [0.1, 0.15) is 5.69 Å². The van der Waals surface area contributed by atoms with Gasteiger partial charge in [-0.15, -0.1) is 0 Å². The van der Waals surface area contributed by atoms with Gasteiger partial charge in [0, 0.05) is 12.3 Å². The number of H-pyrrole nitrogens is 1. The molecule has 0 saturated carbocycles. The fourth-order valence-corrected chi connectivity index (χ4v) is 0.916. The fourth-order valence-electron chi connectivity index (χ4n) is 0.916. The number of aromatic nitrogens is 1. The standard InChI is InChI=1S/C6H5N3O/c7-9-5-3-8-4-1-2-10-6(4)5/h1-3,7-8H. The summed E-state index contributed by atoms with van der Waals surface area (Å²) in [6, 6.07) is 1.80. The van der Waals surface area contributed by atoms with Crippen molar-refractivity contribution in [1.82, 2.24) is 4.98 Å². The van der Waals surface area contributed by atoms with Crippen molar-refractivity contribution in [2.75, 3.05) is 0 Å². The van der Waals surface area contributed by atoms with E-state index in [0.29, 0.717) is 11.3 Å². The zero-order valence-electron chi connectivity index (χ0n) is 5.09. The normalized spacial score (nSPS) is 10.4. The molecule has 2 N–H and O–H groups in total. The van der Waals surface area contributed by atoms with E-state index >= 15 is 0 Å². The monoisotopic (exact) mass is 135 g/mol. The average Bonchev–Trinajstić information content (AvgIpc) is 2.44. The van der Waals surface area contributed by atoms with E-state index < -0.39 is 0 Å². The summed E-state index contributed by atoms with van der Waals surface area (Å²) in [5.41, 5.74) is 8.80. The number of hydrogen-bond donors (Lipinski definition) is 2. The van der Waals surface area contributed by atoms with E-state index in [1.54, 1.807) is 18.5 Å². The number of fused-ring (bicyclic) bond motifs is 1. The predicted molar refractivity (Wildman–Crippen MR) is 35.4 cm³/mol.